The van der Waals surface area contributed by atoms with E-state index in [-0.39, 0.29) is 41.8 Å². The lowest BCUT2D eigenvalue weighted by Crippen LogP contribution is -2.50. The standard InChI is InChI=1S/C28H31FN2O5S/c1-19-16-31(20(2)18-32)37(34,35)27-14-13-22(21-9-5-4-6-10-21)15-25(27)36-26(19)17-30(3)28(33)23-11-7-8-12-24(23)29/h4-15,19-20,26,32H,16-18H2,1-3H3/t19-,20+,26-/m1/s1. The monoisotopic (exact) mass is 526 g/mol. The largest absolute Gasteiger partial charge is 0.487 e. The van der Waals surface area contributed by atoms with Crippen LogP contribution in [-0.2, 0) is 10.0 Å². The van der Waals surface area contributed by atoms with Gasteiger partial charge in [0.25, 0.3) is 5.91 Å². The van der Waals surface area contributed by atoms with Gasteiger partial charge in [0.05, 0.1) is 18.7 Å². The molecule has 0 unspecified atom stereocenters. The van der Waals surface area contributed by atoms with Crippen molar-refractivity contribution >= 4 is 15.9 Å². The van der Waals surface area contributed by atoms with E-state index in [0.717, 1.165) is 11.1 Å². The molecule has 1 aliphatic rings. The van der Waals surface area contributed by atoms with Gasteiger partial charge in [0.15, 0.2) is 0 Å². The highest BCUT2D eigenvalue weighted by Crippen LogP contribution is 2.36. The molecule has 1 N–H and O–H groups in total. The van der Waals surface area contributed by atoms with Crippen molar-refractivity contribution in [2.75, 3.05) is 26.7 Å². The van der Waals surface area contributed by atoms with Gasteiger partial charge < -0.3 is 14.7 Å². The van der Waals surface area contributed by atoms with Crippen LogP contribution in [0.2, 0.25) is 0 Å². The summed E-state index contributed by atoms with van der Waals surface area (Å²) < 4.78 is 49.2. The van der Waals surface area contributed by atoms with Crippen LogP contribution in [0, 0.1) is 11.7 Å². The second-order valence-corrected chi connectivity index (χ2v) is 11.3. The second-order valence-electron chi connectivity index (χ2n) is 9.43. The molecular weight excluding hydrogens is 495 g/mol. The van der Waals surface area contributed by atoms with E-state index in [9.17, 15) is 22.7 Å². The average molecular weight is 527 g/mol. The normalized spacial score (nSPS) is 20.1. The van der Waals surface area contributed by atoms with Gasteiger partial charge in [-0.2, -0.15) is 4.31 Å². The molecule has 3 aromatic carbocycles. The van der Waals surface area contributed by atoms with E-state index in [1.54, 1.807) is 32.2 Å². The molecule has 0 fully saturated rings. The zero-order valence-electron chi connectivity index (χ0n) is 21.0. The Kier molecular flexibility index (Phi) is 7.96. The number of benzene rings is 3. The molecule has 0 spiro atoms. The van der Waals surface area contributed by atoms with Crippen molar-refractivity contribution in [2.24, 2.45) is 5.92 Å². The Labute approximate surface area is 217 Å². The van der Waals surface area contributed by atoms with Gasteiger partial charge in [0.2, 0.25) is 10.0 Å². The van der Waals surface area contributed by atoms with Crippen molar-refractivity contribution in [1.82, 2.24) is 9.21 Å². The molecule has 0 bridgehead atoms. The molecule has 196 valence electrons. The summed E-state index contributed by atoms with van der Waals surface area (Å²) in [6, 6.07) is 19.6. The van der Waals surface area contributed by atoms with E-state index < -0.39 is 33.9 Å². The Morgan fingerprint density at radius 3 is 2.46 bits per heavy atom. The quantitative estimate of drug-likeness (QED) is 0.524. The van der Waals surface area contributed by atoms with Crippen LogP contribution < -0.4 is 4.74 Å². The number of fused-ring (bicyclic) bond motifs is 1. The summed E-state index contributed by atoms with van der Waals surface area (Å²) in [4.78, 5) is 14.4. The summed E-state index contributed by atoms with van der Waals surface area (Å²) in [6.07, 6.45) is -0.602. The van der Waals surface area contributed by atoms with Gasteiger partial charge in [0, 0.05) is 25.6 Å². The van der Waals surface area contributed by atoms with Crippen molar-refractivity contribution < 1.29 is 27.4 Å². The maximum atomic E-state index is 14.3. The first-order valence-corrected chi connectivity index (χ1v) is 13.6. The Morgan fingerprint density at radius 1 is 1.11 bits per heavy atom. The molecule has 3 aromatic rings. The smallest absolute Gasteiger partial charge is 0.256 e. The number of carbonyl (C=O) groups is 1. The molecule has 0 aromatic heterocycles. The number of rotatable bonds is 6. The summed E-state index contributed by atoms with van der Waals surface area (Å²) in [6.45, 7) is 3.32. The number of hydrogen-bond donors (Lipinski definition) is 1. The summed E-state index contributed by atoms with van der Waals surface area (Å²) in [5, 5.41) is 9.82. The fourth-order valence-electron chi connectivity index (χ4n) is 4.45. The van der Waals surface area contributed by atoms with Crippen LogP contribution in [0.5, 0.6) is 5.75 Å². The molecule has 37 heavy (non-hydrogen) atoms. The molecule has 0 aliphatic carbocycles. The topological polar surface area (TPSA) is 87.2 Å². The minimum atomic E-state index is -3.98. The van der Waals surface area contributed by atoms with Gasteiger partial charge in [-0.05, 0) is 42.3 Å². The third-order valence-corrected chi connectivity index (χ3v) is 8.70. The number of halogens is 1. The van der Waals surface area contributed by atoms with Crippen molar-refractivity contribution in [1.29, 1.82) is 0 Å². The molecule has 0 radical (unpaired) electrons. The van der Waals surface area contributed by atoms with Crippen molar-refractivity contribution in [3.8, 4) is 16.9 Å². The molecule has 3 atom stereocenters. The summed E-state index contributed by atoms with van der Waals surface area (Å²) in [5.74, 6) is -1.30. The zero-order chi connectivity index (χ0) is 26.7. The molecule has 1 aliphatic heterocycles. The lowest BCUT2D eigenvalue weighted by molar-refractivity contribution is 0.0560. The van der Waals surface area contributed by atoms with Crippen LogP contribution in [-0.4, -0.2) is 67.5 Å². The number of nitrogens with zero attached hydrogens (tertiary/aromatic N) is 2. The highest BCUT2D eigenvalue weighted by molar-refractivity contribution is 7.89. The molecule has 1 amide bonds. The average Bonchev–Trinajstić information content (AvgIpc) is 2.90. The zero-order valence-corrected chi connectivity index (χ0v) is 21.9. The Morgan fingerprint density at radius 2 is 1.78 bits per heavy atom. The first kappa shape index (κ1) is 26.8. The van der Waals surface area contributed by atoms with Crippen LogP contribution in [0.1, 0.15) is 24.2 Å². The van der Waals surface area contributed by atoms with E-state index in [1.807, 2.05) is 37.3 Å². The summed E-state index contributed by atoms with van der Waals surface area (Å²) in [7, 11) is -2.42. The van der Waals surface area contributed by atoms with Crippen LogP contribution in [0.3, 0.4) is 0 Å². The molecular formula is C28H31FN2O5S. The van der Waals surface area contributed by atoms with Crippen LogP contribution in [0.15, 0.2) is 77.7 Å². The number of hydrogen-bond acceptors (Lipinski definition) is 5. The van der Waals surface area contributed by atoms with Gasteiger partial charge in [0.1, 0.15) is 22.6 Å². The highest BCUT2D eigenvalue weighted by Gasteiger charge is 2.38. The lowest BCUT2D eigenvalue weighted by atomic mass is 10.0. The number of likely N-dealkylation sites (N-methyl/N-ethyl adjacent to an activating group) is 1. The summed E-state index contributed by atoms with van der Waals surface area (Å²) in [5.41, 5.74) is 1.62. The predicted molar refractivity (Wildman–Crippen MR) is 139 cm³/mol. The molecule has 4 rings (SSSR count). The van der Waals surface area contributed by atoms with Gasteiger partial charge in [-0.25, -0.2) is 12.8 Å². The molecule has 0 saturated carbocycles. The van der Waals surface area contributed by atoms with E-state index in [2.05, 4.69) is 0 Å². The predicted octanol–water partition coefficient (Wildman–Crippen LogP) is 4.03. The number of aliphatic hydroxyl groups excluding tert-OH is 1. The van der Waals surface area contributed by atoms with Gasteiger partial charge in [-0.3, -0.25) is 4.79 Å². The Bertz CT molecular complexity index is 1370. The molecule has 0 saturated heterocycles. The highest BCUT2D eigenvalue weighted by atomic mass is 32.2. The number of amides is 1. The van der Waals surface area contributed by atoms with Crippen molar-refractivity contribution in [2.45, 2.75) is 30.9 Å². The first-order valence-electron chi connectivity index (χ1n) is 12.1. The minimum absolute atomic E-state index is 0.00698. The van der Waals surface area contributed by atoms with E-state index in [1.165, 1.54) is 33.5 Å². The van der Waals surface area contributed by atoms with Crippen LogP contribution >= 0.6 is 0 Å². The Balaban J connectivity index is 1.74. The Hall–Kier alpha value is -3.27. The fraction of sp³-hybridized carbons (Fsp3) is 0.321. The van der Waals surface area contributed by atoms with E-state index >= 15 is 0 Å². The number of carbonyl (C=O) groups excluding carboxylic acids is 1. The van der Waals surface area contributed by atoms with Gasteiger partial charge >= 0.3 is 0 Å². The van der Waals surface area contributed by atoms with Gasteiger partial charge in [-0.15, -0.1) is 0 Å². The van der Waals surface area contributed by atoms with Crippen molar-refractivity contribution in [3.05, 3.63) is 84.2 Å². The SMILES string of the molecule is C[C@@H]1CN([C@@H](C)CO)S(=O)(=O)c2ccc(-c3ccccc3)cc2O[C@@H]1CN(C)C(=O)c1ccccc1F. The van der Waals surface area contributed by atoms with Crippen LogP contribution in [0.4, 0.5) is 4.39 Å². The molecule has 9 heteroatoms. The first-order chi connectivity index (χ1) is 17.6. The third-order valence-electron chi connectivity index (χ3n) is 6.68. The minimum Gasteiger partial charge on any atom is -0.487 e. The fourth-order valence-corrected chi connectivity index (χ4v) is 6.27. The number of ether oxygens (including phenoxy) is 1. The van der Waals surface area contributed by atoms with Crippen LogP contribution in [0.25, 0.3) is 11.1 Å². The van der Waals surface area contributed by atoms with Crippen molar-refractivity contribution in [3.63, 3.8) is 0 Å². The number of sulfonamides is 1. The molecule has 1 heterocycles. The maximum Gasteiger partial charge on any atom is 0.256 e. The summed E-state index contributed by atoms with van der Waals surface area (Å²) >= 11 is 0. The van der Waals surface area contributed by atoms with E-state index in [0.29, 0.717) is 0 Å². The second kappa shape index (κ2) is 11.0. The maximum absolute atomic E-state index is 14.3. The third kappa shape index (κ3) is 5.53. The lowest BCUT2D eigenvalue weighted by Gasteiger charge is -2.37. The molecule has 7 nitrogen and oxygen atoms in total. The van der Waals surface area contributed by atoms with Gasteiger partial charge in [-0.1, -0.05) is 55.5 Å². The van der Waals surface area contributed by atoms with E-state index in [4.69, 9.17) is 4.74 Å². The number of aliphatic hydroxyl groups is 1.